The average Bonchev–Trinajstić information content (AvgIpc) is 3.30. The third-order valence-corrected chi connectivity index (χ3v) is 7.56. The highest BCUT2D eigenvalue weighted by atomic mass is 19.1. The van der Waals surface area contributed by atoms with E-state index in [0.717, 1.165) is 27.7 Å². The fourth-order valence-corrected chi connectivity index (χ4v) is 5.35. The van der Waals surface area contributed by atoms with Crippen LogP contribution in [-0.4, -0.2) is 49.0 Å². The number of hydrazone groups is 1. The molecule has 3 amide bonds. The van der Waals surface area contributed by atoms with Crippen LogP contribution in [0.5, 0.6) is 11.5 Å². The van der Waals surface area contributed by atoms with Crippen LogP contribution >= 0.6 is 0 Å². The van der Waals surface area contributed by atoms with Crippen LogP contribution in [0.15, 0.2) is 83.1 Å². The number of para-hydroxylation sites is 1. The third kappa shape index (κ3) is 6.85. The zero-order valence-corrected chi connectivity index (χ0v) is 25.8. The number of benzene rings is 3. The van der Waals surface area contributed by atoms with E-state index in [1.165, 1.54) is 19.2 Å². The predicted octanol–water partition coefficient (Wildman–Crippen LogP) is 4.87. The molecule has 2 heterocycles. The molecule has 46 heavy (non-hydrogen) atoms. The standard InChI is InChI=1S/C34H34FN5O6/c1-5-45-33(42)31-20(2)37-34(43)38-32(31)23-12-15-28(29(16-23)44-4)46-19-30(41)39-36-17-26-21(3)40(27-9-7-6-8-25(26)27)18-22-10-13-24(35)14-11-22/h6-17,32H,5,18-19H2,1-4H3,(H,39,41)(H2,37,38,43)/b36-17+/t32-/m0/s1. The van der Waals surface area contributed by atoms with Crippen molar-refractivity contribution in [3.8, 4) is 11.5 Å². The number of carbonyl (C=O) groups excluding carboxylic acids is 3. The summed E-state index contributed by atoms with van der Waals surface area (Å²) in [4.78, 5) is 37.5. The van der Waals surface area contributed by atoms with Crippen molar-refractivity contribution >= 4 is 35.0 Å². The van der Waals surface area contributed by atoms with Gasteiger partial charge in [-0.2, -0.15) is 5.10 Å². The fraction of sp³-hybridized carbons (Fsp3) is 0.235. The quantitative estimate of drug-likeness (QED) is 0.124. The van der Waals surface area contributed by atoms with Gasteiger partial charge in [-0.3, -0.25) is 4.79 Å². The minimum atomic E-state index is -0.779. The van der Waals surface area contributed by atoms with Gasteiger partial charge in [-0.1, -0.05) is 36.4 Å². The number of nitrogens with zero attached hydrogens (tertiary/aromatic N) is 2. The van der Waals surface area contributed by atoms with Crippen LogP contribution in [-0.2, 0) is 20.9 Å². The minimum Gasteiger partial charge on any atom is -0.493 e. The number of halogens is 1. The molecule has 0 radical (unpaired) electrons. The van der Waals surface area contributed by atoms with E-state index in [1.54, 1.807) is 50.4 Å². The van der Waals surface area contributed by atoms with E-state index < -0.39 is 23.9 Å². The molecular weight excluding hydrogens is 593 g/mol. The number of allylic oxidation sites excluding steroid dienone is 1. The lowest BCUT2D eigenvalue weighted by molar-refractivity contribution is -0.139. The number of carbonyl (C=O) groups is 3. The Morgan fingerprint density at radius 3 is 2.57 bits per heavy atom. The number of hydrogen-bond donors (Lipinski definition) is 3. The normalized spacial score (nSPS) is 14.6. The topological polar surface area (TPSA) is 132 Å². The predicted molar refractivity (Wildman–Crippen MR) is 170 cm³/mol. The zero-order valence-electron chi connectivity index (χ0n) is 25.8. The summed E-state index contributed by atoms with van der Waals surface area (Å²) in [7, 11) is 1.44. The van der Waals surface area contributed by atoms with E-state index >= 15 is 0 Å². The zero-order chi connectivity index (χ0) is 32.8. The molecule has 3 aromatic carbocycles. The number of hydrogen-bond acceptors (Lipinski definition) is 7. The van der Waals surface area contributed by atoms with E-state index in [2.05, 4.69) is 25.7 Å². The van der Waals surface area contributed by atoms with Crippen molar-refractivity contribution in [2.45, 2.75) is 33.4 Å². The molecule has 5 rings (SSSR count). The maximum Gasteiger partial charge on any atom is 0.338 e. The van der Waals surface area contributed by atoms with Gasteiger partial charge >= 0.3 is 12.0 Å². The van der Waals surface area contributed by atoms with Crippen molar-refractivity contribution in [2.75, 3.05) is 20.3 Å². The summed E-state index contributed by atoms with van der Waals surface area (Å²) < 4.78 is 31.9. The highest BCUT2D eigenvalue weighted by Gasteiger charge is 2.32. The van der Waals surface area contributed by atoms with Crippen LogP contribution < -0.4 is 25.5 Å². The molecule has 1 aromatic heterocycles. The first-order valence-electron chi connectivity index (χ1n) is 14.6. The van der Waals surface area contributed by atoms with E-state index in [4.69, 9.17) is 14.2 Å². The van der Waals surface area contributed by atoms with Gasteiger partial charge in [-0.05, 0) is 62.2 Å². The average molecular weight is 628 g/mol. The van der Waals surface area contributed by atoms with Gasteiger partial charge in [-0.25, -0.2) is 19.4 Å². The Morgan fingerprint density at radius 1 is 1.07 bits per heavy atom. The molecule has 0 fully saturated rings. The van der Waals surface area contributed by atoms with Gasteiger partial charge in [0, 0.05) is 34.4 Å². The number of rotatable bonds is 11. The van der Waals surface area contributed by atoms with Gasteiger partial charge < -0.3 is 29.4 Å². The summed E-state index contributed by atoms with van der Waals surface area (Å²) in [5.74, 6) is -0.758. The summed E-state index contributed by atoms with van der Waals surface area (Å²) in [6.45, 7) is 5.67. The van der Waals surface area contributed by atoms with Crippen LogP contribution in [0.1, 0.15) is 42.3 Å². The lowest BCUT2D eigenvalue weighted by atomic mass is 9.95. The molecule has 0 bridgehead atoms. The number of ether oxygens (including phenoxy) is 3. The Labute approximate surface area is 265 Å². The van der Waals surface area contributed by atoms with E-state index in [9.17, 15) is 18.8 Å². The van der Waals surface area contributed by atoms with Gasteiger partial charge in [0.15, 0.2) is 18.1 Å². The molecule has 0 aliphatic carbocycles. The summed E-state index contributed by atoms with van der Waals surface area (Å²) in [5, 5.41) is 10.5. The maximum atomic E-state index is 13.4. The molecule has 1 aliphatic rings. The molecule has 0 saturated heterocycles. The molecule has 0 spiro atoms. The molecule has 0 saturated carbocycles. The van der Waals surface area contributed by atoms with Crippen molar-refractivity contribution in [1.29, 1.82) is 0 Å². The Kier molecular flexibility index (Phi) is 9.65. The van der Waals surface area contributed by atoms with Crippen molar-refractivity contribution in [3.63, 3.8) is 0 Å². The molecular formula is C34H34FN5O6. The monoisotopic (exact) mass is 627 g/mol. The molecule has 12 heteroatoms. The Balaban J connectivity index is 1.27. The van der Waals surface area contributed by atoms with Crippen molar-refractivity contribution in [3.05, 3.63) is 106 Å². The largest absolute Gasteiger partial charge is 0.493 e. The molecule has 4 aromatic rings. The lowest BCUT2D eigenvalue weighted by Crippen LogP contribution is -2.45. The highest BCUT2D eigenvalue weighted by Crippen LogP contribution is 2.34. The van der Waals surface area contributed by atoms with Gasteiger partial charge in [-0.15, -0.1) is 0 Å². The Morgan fingerprint density at radius 2 is 1.83 bits per heavy atom. The van der Waals surface area contributed by atoms with Gasteiger partial charge in [0.2, 0.25) is 0 Å². The van der Waals surface area contributed by atoms with Crippen LogP contribution in [0, 0.1) is 12.7 Å². The van der Waals surface area contributed by atoms with Gasteiger partial charge in [0.25, 0.3) is 5.91 Å². The van der Waals surface area contributed by atoms with E-state index in [-0.39, 0.29) is 30.4 Å². The van der Waals surface area contributed by atoms with Crippen LogP contribution in [0.3, 0.4) is 0 Å². The molecule has 1 atom stereocenters. The maximum absolute atomic E-state index is 13.4. The lowest BCUT2D eigenvalue weighted by Gasteiger charge is -2.28. The third-order valence-electron chi connectivity index (χ3n) is 7.56. The first-order chi connectivity index (χ1) is 22.2. The Bertz CT molecular complexity index is 1850. The number of nitrogens with one attached hydrogen (secondary N) is 3. The molecule has 0 unspecified atom stereocenters. The molecule has 11 nitrogen and oxygen atoms in total. The second kappa shape index (κ2) is 14.0. The Hall–Kier alpha value is -5.65. The van der Waals surface area contributed by atoms with E-state index in [1.807, 2.05) is 31.2 Å². The van der Waals surface area contributed by atoms with Gasteiger partial charge in [0.05, 0.1) is 31.5 Å². The summed E-state index contributed by atoms with van der Waals surface area (Å²) in [5.41, 5.74) is 7.43. The van der Waals surface area contributed by atoms with Gasteiger partial charge in [0.1, 0.15) is 5.82 Å². The molecule has 1 aliphatic heterocycles. The van der Waals surface area contributed by atoms with Crippen LogP contribution in [0.25, 0.3) is 10.9 Å². The minimum absolute atomic E-state index is 0.180. The first kappa shape index (κ1) is 31.8. The van der Waals surface area contributed by atoms with Crippen LogP contribution in [0.2, 0.25) is 0 Å². The second-order valence-electron chi connectivity index (χ2n) is 10.5. The summed E-state index contributed by atoms with van der Waals surface area (Å²) in [6, 6.07) is 17.9. The summed E-state index contributed by atoms with van der Waals surface area (Å²) >= 11 is 0. The smallest absolute Gasteiger partial charge is 0.338 e. The number of esters is 1. The molecule has 238 valence electrons. The number of urea groups is 1. The van der Waals surface area contributed by atoms with Crippen molar-refractivity contribution < 1.29 is 33.0 Å². The molecule has 3 N–H and O–H groups in total. The number of aromatic nitrogens is 1. The first-order valence-corrected chi connectivity index (χ1v) is 14.6. The van der Waals surface area contributed by atoms with Crippen LogP contribution in [0.4, 0.5) is 9.18 Å². The summed E-state index contributed by atoms with van der Waals surface area (Å²) in [6.07, 6.45) is 1.59. The van der Waals surface area contributed by atoms with E-state index in [0.29, 0.717) is 23.6 Å². The van der Waals surface area contributed by atoms with Crippen molar-refractivity contribution in [1.82, 2.24) is 20.6 Å². The number of amides is 3. The number of fused-ring (bicyclic) bond motifs is 1. The van der Waals surface area contributed by atoms with Crippen molar-refractivity contribution in [2.24, 2.45) is 5.10 Å². The highest BCUT2D eigenvalue weighted by molar-refractivity contribution is 6.01. The fourth-order valence-electron chi connectivity index (χ4n) is 5.35. The SMILES string of the molecule is CCOC(=O)C1=C(C)NC(=O)N[C@H]1c1ccc(OCC(=O)N/N=C/c2c(C)n(Cc3ccc(F)cc3)c3ccccc23)c(OC)c1. The second-order valence-corrected chi connectivity index (χ2v) is 10.5. The number of methoxy groups -OCH3 is 1.